The summed E-state index contributed by atoms with van der Waals surface area (Å²) in [6, 6.07) is 15.1. The van der Waals surface area contributed by atoms with Gasteiger partial charge in [0.1, 0.15) is 0 Å². The molecule has 3 rings (SSSR count). The van der Waals surface area contributed by atoms with Crippen LogP contribution in [-0.2, 0) is 28.9 Å². The van der Waals surface area contributed by atoms with Crippen LogP contribution in [0.25, 0.3) is 22.0 Å². The molecule has 1 heterocycles. The fraction of sp³-hybridized carbons (Fsp3) is 0.385. The Hall–Kier alpha value is -2.72. The summed E-state index contributed by atoms with van der Waals surface area (Å²) in [5.41, 5.74) is 14.3. The molecular formula is C26H32N2O2. The number of ether oxygens (including phenoxy) is 1. The first kappa shape index (κ1) is 22.0. The fourth-order valence-electron chi connectivity index (χ4n) is 3.92. The van der Waals surface area contributed by atoms with Crippen LogP contribution in [0, 0.1) is 12.8 Å². The molecule has 3 aromatic rings. The number of aryl methyl sites for hydroxylation is 2. The van der Waals surface area contributed by atoms with Crippen LogP contribution in [-0.4, -0.2) is 18.1 Å². The van der Waals surface area contributed by atoms with Crippen molar-refractivity contribution in [2.45, 2.75) is 53.0 Å². The lowest BCUT2D eigenvalue weighted by atomic mass is 9.90. The van der Waals surface area contributed by atoms with Gasteiger partial charge in [-0.05, 0) is 66.5 Å². The number of pyridine rings is 1. The van der Waals surface area contributed by atoms with E-state index in [1.165, 1.54) is 29.4 Å². The third-order valence-electron chi connectivity index (χ3n) is 5.46. The molecule has 0 radical (unpaired) electrons. The van der Waals surface area contributed by atoms with Gasteiger partial charge < -0.3 is 10.5 Å². The summed E-state index contributed by atoms with van der Waals surface area (Å²) < 4.78 is 4.76. The first-order valence-corrected chi connectivity index (χ1v) is 10.7. The van der Waals surface area contributed by atoms with E-state index in [1.54, 1.807) is 0 Å². The van der Waals surface area contributed by atoms with Gasteiger partial charge in [-0.15, -0.1) is 0 Å². The van der Waals surface area contributed by atoms with Gasteiger partial charge in [-0.2, -0.15) is 0 Å². The Bertz CT molecular complexity index is 1020. The molecular weight excluding hydrogens is 372 g/mol. The summed E-state index contributed by atoms with van der Waals surface area (Å²) in [5.74, 6) is 0.338. The number of aromatic nitrogens is 1. The molecule has 4 nitrogen and oxygen atoms in total. The third kappa shape index (κ3) is 5.06. The number of carbonyl (C=O) groups excluding carboxylic acids is 1. The van der Waals surface area contributed by atoms with Gasteiger partial charge in [-0.1, -0.05) is 49.7 Å². The van der Waals surface area contributed by atoms with Crippen molar-refractivity contribution >= 4 is 16.9 Å². The van der Waals surface area contributed by atoms with E-state index in [9.17, 15) is 4.79 Å². The number of esters is 1. The Morgan fingerprint density at radius 2 is 1.87 bits per heavy atom. The first-order chi connectivity index (χ1) is 14.4. The molecule has 0 aliphatic heterocycles. The number of nitrogens with two attached hydrogens (primary N) is 1. The van der Waals surface area contributed by atoms with Gasteiger partial charge in [0, 0.05) is 24.0 Å². The molecule has 0 unspecified atom stereocenters. The molecule has 0 bridgehead atoms. The number of benzene rings is 2. The Balaban J connectivity index is 2.13. The molecule has 0 atom stereocenters. The van der Waals surface area contributed by atoms with Gasteiger partial charge in [-0.3, -0.25) is 9.78 Å². The van der Waals surface area contributed by atoms with Crippen molar-refractivity contribution in [2.24, 2.45) is 11.7 Å². The monoisotopic (exact) mass is 404 g/mol. The molecule has 1 aromatic heterocycles. The SMILES string of the molecule is COC(=O)CCCc1ccc2nc(CC(C)C)c(CN)c(-c3ccc(C)cc3)c2c1. The lowest BCUT2D eigenvalue weighted by Gasteiger charge is -2.18. The van der Waals surface area contributed by atoms with E-state index in [1.807, 2.05) is 0 Å². The van der Waals surface area contributed by atoms with E-state index in [0.717, 1.165) is 41.4 Å². The zero-order valence-electron chi connectivity index (χ0n) is 18.5. The van der Waals surface area contributed by atoms with Gasteiger partial charge in [-0.25, -0.2) is 0 Å². The summed E-state index contributed by atoms with van der Waals surface area (Å²) >= 11 is 0. The van der Waals surface area contributed by atoms with Crippen LogP contribution in [0.3, 0.4) is 0 Å². The van der Waals surface area contributed by atoms with Crippen molar-refractivity contribution in [1.29, 1.82) is 0 Å². The number of methoxy groups -OCH3 is 1. The van der Waals surface area contributed by atoms with Crippen molar-refractivity contribution in [3.8, 4) is 11.1 Å². The van der Waals surface area contributed by atoms with Crippen LogP contribution in [0.2, 0.25) is 0 Å². The normalized spacial score (nSPS) is 11.3. The summed E-state index contributed by atoms with van der Waals surface area (Å²) in [6.07, 6.45) is 2.92. The van der Waals surface area contributed by atoms with E-state index < -0.39 is 0 Å². The Morgan fingerprint density at radius 1 is 1.13 bits per heavy atom. The number of hydrogen-bond donors (Lipinski definition) is 1. The molecule has 0 saturated heterocycles. The fourth-order valence-corrected chi connectivity index (χ4v) is 3.92. The molecule has 0 spiro atoms. The standard InChI is InChI=1S/C26H32N2O2/c1-17(2)14-24-22(16-27)26(20-11-8-18(3)9-12-20)21-15-19(10-13-23(21)28-24)6-5-7-25(29)30-4/h8-13,15,17H,5-7,14,16,27H2,1-4H3. The van der Waals surface area contributed by atoms with Gasteiger partial charge in [0.25, 0.3) is 0 Å². The van der Waals surface area contributed by atoms with E-state index in [4.69, 9.17) is 15.5 Å². The summed E-state index contributed by atoms with van der Waals surface area (Å²) in [5, 5.41) is 1.13. The summed E-state index contributed by atoms with van der Waals surface area (Å²) in [4.78, 5) is 16.4. The predicted molar refractivity (Wildman–Crippen MR) is 123 cm³/mol. The van der Waals surface area contributed by atoms with E-state index in [-0.39, 0.29) is 5.97 Å². The van der Waals surface area contributed by atoms with Crippen molar-refractivity contribution in [1.82, 2.24) is 4.98 Å². The first-order valence-electron chi connectivity index (χ1n) is 10.7. The molecule has 0 aliphatic rings. The largest absolute Gasteiger partial charge is 0.469 e. The summed E-state index contributed by atoms with van der Waals surface area (Å²) in [6.45, 7) is 6.98. The third-order valence-corrected chi connectivity index (χ3v) is 5.46. The van der Waals surface area contributed by atoms with Crippen molar-refractivity contribution in [3.05, 3.63) is 64.8 Å². The number of carbonyl (C=O) groups is 1. The van der Waals surface area contributed by atoms with Crippen molar-refractivity contribution in [2.75, 3.05) is 7.11 Å². The molecule has 0 aliphatic carbocycles. The highest BCUT2D eigenvalue weighted by molar-refractivity contribution is 5.97. The van der Waals surface area contributed by atoms with Crippen molar-refractivity contribution < 1.29 is 9.53 Å². The van der Waals surface area contributed by atoms with Crippen LogP contribution >= 0.6 is 0 Å². The predicted octanol–water partition coefficient (Wildman–Crippen LogP) is 5.36. The molecule has 158 valence electrons. The minimum atomic E-state index is -0.165. The van der Waals surface area contributed by atoms with Gasteiger partial charge in [0.05, 0.1) is 12.6 Å². The minimum Gasteiger partial charge on any atom is -0.469 e. The molecule has 2 aromatic carbocycles. The average molecular weight is 405 g/mol. The zero-order valence-corrected chi connectivity index (χ0v) is 18.5. The summed E-state index contributed by atoms with van der Waals surface area (Å²) in [7, 11) is 1.43. The number of fused-ring (bicyclic) bond motifs is 1. The maximum absolute atomic E-state index is 11.4. The zero-order chi connectivity index (χ0) is 21.7. The van der Waals surface area contributed by atoms with Gasteiger partial charge in [0.15, 0.2) is 0 Å². The van der Waals surface area contributed by atoms with E-state index >= 15 is 0 Å². The lowest BCUT2D eigenvalue weighted by Crippen LogP contribution is -2.10. The second kappa shape index (κ2) is 9.86. The molecule has 0 amide bonds. The highest BCUT2D eigenvalue weighted by atomic mass is 16.5. The Labute approximate surface area is 179 Å². The highest BCUT2D eigenvalue weighted by Gasteiger charge is 2.17. The van der Waals surface area contributed by atoms with Crippen LogP contribution in [0.4, 0.5) is 0 Å². The van der Waals surface area contributed by atoms with Crippen molar-refractivity contribution in [3.63, 3.8) is 0 Å². The van der Waals surface area contributed by atoms with E-state index in [2.05, 4.69) is 63.2 Å². The quantitative estimate of drug-likeness (QED) is 0.513. The van der Waals surface area contributed by atoms with Crippen LogP contribution in [0.5, 0.6) is 0 Å². The molecule has 4 heteroatoms. The maximum Gasteiger partial charge on any atom is 0.305 e. The average Bonchev–Trinajstić information content (AvgIpc) is 2.73. The lowest BCUT2D eigenvalue weighted by molar-refractivity contribution is -0.140. The molecule has 30 heavy (non-hydrogen) atoms. The van der Waals surface area contributed by atoms with Crippen LogP contribution < -0.4 is 5.73 Å². The molecule has 0 saturated carbocycles. The second-order valence-electron chi connectivity index (χ2n) is 8.36. The Morgan fingerprint density at radius 3 is 2.50 bits per heavy atom. The van der Waals surface area contributed by atoms with Gasteiger partial charge in [0.2, 0.25) is 0 Å². The van der Waals surface area contributed by atoms with E-state index in [0.29, 0.717) is 18.9 Å². The van der Waals surface area contributed by atoms with Gasteiger partial charge >= 0.3 is 5.97 Å². The van der Waals surface area contributed by atoms with Crippen LogP contribution in [0.15, 0.2) is 42.5 Å². The smallest absolute Gasteiger partial charge is 0.305 e. The number of hydrogen-bond acceptors (Lipinski definition) is 4. The Kier molecular flexibility index (Phi) is 7.22. The number of nitrogens with zero attached hydrogens (tertiary/aromatic N) is 1. The molecule has 0 fully saturated rings. The second-order valence-corrected chi connectivity index (χ2v) is 8.36. The maximum atomic E-state index is 11.4. The minimum absolute atomic E-state index is 0.165. The van der Waals surface area contributed by atoms with Crippen LogP contribution in [0.1, 0.15) is 49.1 Å². The topological polar surface area (TPSA) is 65.2 Å². The molecule has 2 N–H and O–H groups in total. The number of rotatable bonds is 8. The highest BCUT2D eigenvalue weighted by Crippen LogP contribution is 2.35.